The summed E-state index contributed by atoms with van der Waals surface area (Å²) in [5, 5.41) is 0.579. The number of carbonyl (C=O) groups excluding carboxylic acids is 1. The molecule has 3 aromatic rings. The van der Waals surface area contributed by atoms with E-state index >= 15 is 0 Å². The molecule has 0 aliphatic rings. The summed E-state index contributed by atoms with van der Waals surface area (Å²) in [6.07, 6.45) is -2.37. The Balaban J connectivity index is 2.05. The van der Waals surface area contributed by atoms with Crippen LogP contribution in [0.4, 0.5) is 13.2 Å². The Morgan fingerprint density at radius 3 is 2.58 bits per heavy atom. The lowest BCUT2D eigenvalue weighted by atomic mass is 10.1. The number of alkyl halides is 3. The van der Waals surface area contributed by atoms with Gasteiger partial charge in [-0.15, -0.1) is 11.3 Å². The summed E-state index contributed by atoms with van der Waals surface area (Å²) < 4.78 is 76.9. The molecule has 2 aromatic heterocycles. The molecule has 0 bridgehead atoms. The van der Waals surface area contributed by atoms with Crippen molar-refractivity contribution in [1.29, 1.82) is 0 Å². The van der Waals surface area contributed by atoms with Crippen LogP contribution in [0.1, 0.15) is 23.8 Å². The van der Waals surface area contributed by atoms with Crippen LogP contribution in [0, 0.1) is 0 Å². The number of halogens is 3. The Morgan fingerprint density at radius 2 is 1.97 bits per heavy atom. The predicted molar refractivity (Wildman–Crippen MR) is 131 cm³/mol. The number of aliphatic imine (C=N–C) groups is 1. The molecule has 3 rings (SSSR count). The van der Waals surface area contributed by atoms with Crippen LogP contribution in [0.3, 0.4) is 0 Å². The van der Waals surface area contributed by atoms with Gasteiger partial charge >= 0.3 is 12.1 Å². The fraction of sp³-hybridized carbons (Fsp3) is 0.304. The SMILES string of the molecule is CCOC(=O)CCc1cn(S(=O)(=O)c2ccc(C(C=C(N)C(F)(F)F)=NC)s2)c2ccc(OC)cc12. The van der Waals surface area contributed by atoms with Crippen molar-refractivity contribution >= 4 is 43.9 Å². The summed E-state index contributed by atoms with van der Waals surface area (Å²) in [6.45, 7) is 1.93. The number of methoxy groups -OCH3 is 1. The number of hydrogen-bond donors (Lipinski definition) is 1. The van der Waals surface area contributed by atoms with Crippen LogP contribution >= 0.6 is 11.3 Å². The minimum absolute atomic E-state index is 0.0522. The van der Waals surface area contributed by atoms with Crippen LogP contribution in [-0.2, 0) is 26.0 Å². The molecule has 36 heavy (non-hydrogen) atoms. The third-order valence-corrected chi connectivity index (χ3v) is 8.42. The number of benzene rings is 1. The monoisotopic (exact) mass is 543 g/mol. The van der Waals surface area contributed by atoms with Crippen molar-refractivity contribution in [2.75, 3.05) is 20.8 Å². The van der Waals surface area contributed by atoms with E-state index in [1.165, 1.54) is 32.5 Å². The van der Waals surface area contributed by atoms with Gasteiger partial charge in [0.1, 0.15) is 15.7 Å². The maximum atomic E-state index is 13.6. The zero-order valence-corrected chi connectivity index (χ0v) is 21.3. The maximum Gasteiger partial charge on any atom is 0.430 e. The van der Waals surface area contributed by atoms with E-state index in [9.17, 15) is 26.4 Å². The highest BCUT2D eigenvalue weighted by molar-refractivity contribution is 7.92. The minimum atomic E-state index is -4.74. The largest absolute Gasteiger partial charge is 0.497 e. The van der Waals surface area contributed by atoms with E-state index in [0.29, 0.717) is 28.3 Å². The number of nitrogens with two attached hydrogens (primary N) is 1. The Labute approximate surface area is 209 Å². The first-order valence-corrected chi connectivity index (χ1v) is 12.9. The van der Waals surface area contributed by atoms with Crippen molar-refractivity contribution in [2.24, 2.45) is 10.7 Å². The number of aryl methyl sites for hydroxylation is 1. The van der Waals surface area contributed by atoms with Crippen molar-refractivity contribution in [3.63, 3.8) is 0 Å². The predicted octanol–water partition coefficient (Wildman–Crippen LogP) is 4.27. The van der Waals surface area contributed by atoms with Gasteiger partial charge in [-0.3, -0.25) is 9.79 Å². The number of rotatable bonds is 9. The Kier molecular flexibility index (Phi) is 8.14. The molecule has 0 fully saturated rings. The first-order chi connectivity index (χ1) is 16.9. The average molecular weight is 544 g/mol. The third-order valence-electron chi connectivity index (χ3n) is 5.17. The summed E-state index contributed by atoms with van der Waals surface area (Å²) in [6, 6.07) is 7.53. The van der Waals surface area contributed by atoms with Gasteiger partial charge in [0.15, 0.2) is 0 Å². The first kappa shape index (κ1) is 27.3. The van der Waals surface area contributed by atoms with Crippen LogP contribution in [0.5, 0.6) is 5.75 Å². The van der Waals surface area contributed by atoms with Crippen molar-refractivity contribution in [3.8, 4) is 5.75 Å². The van der Waals surface area contributed by atoms with Crippen molar-refractivity contribution < 1.29 is 35.9 Å². The summed E-state index contributed by atoms with van der Waals surface area (Å²) in [5.74, 6) is 0.0934. The molecular formula is C23H24F3N3O5S2. The highest BCUT2D eigenvalue weighted by Crippen LogP contribution is 2.33. The van der Waals surface area contributed by atoms with Gasteiger partial charge < -0.3 is 15.2 Å². The lowest BCUT2D eigenvalue weighted by Crippen LogP contribution is -2.20. The zero-order chi connectivity index (χ0) is 26.7. The Bertz CT molecular complexity index is 1440. The van der Waals surface area contributed by atoms with Gasteiger partial charge in [-0.1, -0.05) is 0 Å². The van der Waals surface area contributed by atoms with Crippen molar-refractivity contribution in [2.45, 2.75) is 30.2 Å². The molecule has 194 valence electrons. The molecule has 0 radical (unpaired) electrons. The number of fused-ring (bicyclic) bond motifs is 1. The number of thiophene rings is 1. The highest BCUT2D eigenvalue weighted by atomic mass is 32.2. The fourth-order valence-electron chi connectivity index (χ4n) is 3.41. The minimum Gasteiger partial charge on any atom is -0.497 e. The van der Waals surface area contributed by atoms with Gasteiger partial charge in [-0.25, -0.2) is 3.97 Å². The Morgan fingerprint density at radius 1 is 1.25 bits per heavy atom. The second-order valence-electron chi connectivity index (χ2n) is 7.47. The van der Waals surface area contributed by atoms with Crippen molar-refractivity contribution in [3.05, 3.63) is 58.7 Å². The van der Waals surface area contributed by atoms with E-state index in [-0.39, 0.29) is 34.2 Å². The van der Waals surface area contributed by atoms with Gasteiger partial charge in [0.05, 0.1) is 29.8 Å². The molecule has 0 aliphatic carbocycles. The number of esters is 1. The van der Waals surface area contributed by atoms with Crippen LogP contribution < -0.4 is 10.5 Å². The number of aromatic nitrogens is 1. The molecule has 8 nitrogen and oxygen atoms in total. The molecule has 0 unspecified atom stereocenters. The normalized spacial score (nSPS) is 13.3. The number of hydrogen-bond acceptors (Lipinski definition) is 8. The molecule has 0 saturated carbocycles. The van der Waals surface area contributed by atoms with Gasteiger partial charge in [0, 0.05) is 25.1 Å². The van der Waals surface area contributed by atoms with Gasteiger partial charge in [-0.05, 0) is 55.3 Å². The number of allylic oxidation sites excluding steroid dienone is 2. The second kappa shape index (κ2) is 10.7. The molecular weight excluding hydrogens is 519 g/mol. The quantitative estimate of drug-likeness (QED) is 0.319. The molecule has 2 heterocycles. The molecule has 0 atom stereocenters. The molecule has 2 N–H and O–H groups in total. The lowest BCUT2D eigenvalue weighted by molar-refractivity contribution is -0.143. The van der Waals surface area contributed by atoms with Crippen molar-refractivity contribution in [1.82, 2.24) is 3.97 Å². The van der Waals surface area contributed by atoms with Gasteiger partial charge in [0.25, 0.3) is 10.0 Å². The topological polar surface area (TPSA) is 113 Å². The average Bonchev–Trinajstić information content (AvgIpc) is 3.46. The van der Waals surface area contributed by atoms with E-state index in [2.05, 4.69) is 4.99 Å². The smallest absolute Gasteiger partial charge is 0.430 e. The first-order valence-electron chi connectivity index (χ1n) is 10.6. The van der Waals surface area contributed by atoms with E-state index in [4.69, 9.17) is 15.2 Å². The molecule has 13 heteroatoms. The van der Waals surface area contributed by atoms with Crippen LogP contribution in [0.15, 0.2) is 57.5 Å². The Hall–Kier alpha value is -3.32. The summed E-state index contributed by atoms with van der Waals surface area (Å²) in [7, 11) is -1.38. The summed E-state index contributed by atoms with van der Waals surface area (Å²) in [4.78, 5) is 15.9. The maximum absolute atomic E-state index is 13.6. The van der Waals surface area contributed by atoms with E-state index in [1.807, 2.05) is 0 Å². The lowest BCUT2D eigenvalue weighted by Gasteiger charge is -2.07. The highest BCUT2D eigenvalue weighted by Gasteiger charge is 2.32. The number of ether oxygens (including phenoxy) is 2. The second-order valence-corrected chi connectivity index (χ2v) is 10.6. The van der Waals surface area contributed by atoms with E-state index in [1.54, 1.807) is 25.1 Å². The molecule has 1 aromatic carbocycles. The van der Waals surface area contributed by atoms with E-state index < -0.39 is 27.9 Å². The molecule has 0 amide bonds. The third kappa shape index (κ3) is 5.73. The summed E-state index contributed by atoms with van der Waals surface area (Å²) in [5.41, 5.74) is 4.60. The summed E-state index contributed by atoms with van der Waals surface area (Å²) >= 11 is 0.764. The van der Waals surface area contributed by atoms with Crippen LogP contribution in [-0.4, -0.2) is 51.0 Å². The van der Waals surface area contributed by atoms with Crippen LogP contribution in [0.25, 0.3) is 10.9 Å². The van der Waals surface area contributed by atoms with E-state index in [0.717, 1.165) is 15.3 Å². The van der Waals surface area contributed by atoms with Gasteiger partial charge in [-0.2, -0.15) is 21.6 Å². The fourth-order valence-corrected chi connectivity index (χ4v) is 6.20. The van der Waals surface area contributed by atoms with Gasteiger partial charge in [0.2, 0.25) is 0 Å². The van der Waals surface area contributed by atoms with Crippen LogP contribution in [0.2, 0.25) is 0 Å². The molecule has 0 spiro atoms. The standard InChI is InChI=1S/C23H24F3N3O5S2/c1-4-34-21(30)9-5-14-13-29(18-7-6-15(33-3)11-16(14)18)36(31,32)22-10-8-19(35-22)17(28-2)12-20(27)23(24,25)26/h6-8,10-13H,4-5,9,27H2,1-3H3. The molecule has 0 saturated heterocycles. The number of carbonyl (C=O) groups is 1. The molecule has 0 aliphatic heterocycles. The number of nitrogens with zero attached hydrogens (tertiary/aromatic N) is 2. The zero-order valence-electron chi connectivity index (χ0n) is 19.6.